The van der Waals surface area contributed by atoms with Gasteiger partial charge in [0.25, 0.3) is 5.56 Å². The Morgan fingerprint density at radius 1 is 0.929 bits per heavy atom. The van der Waals surface area contributed by atoms with Crippen molar-refractivity contribution >= 4 is 28.3 Å². The van der Waals surface area contributed by atoms with Crippen LogP contribution in [-0.2, 0) is 0 Å². The molecule has 0 aliphatic rings. The van der Waals surface area contributed by atoms with Crippen molar-refractivity contribution in [2.24, 2.45) is 0 Å². The maximum atomic E-state index is 13.1. The van der Waals surface area contributed by atoms with Crippen molar-refractivity contribution in [3.63, 3.8) is 0 Å². The summed E-state index contributed by atoms with van der Waals surface area (Å²) >= 11 is 6.24. The number of nitrogens with zero attached hydrogens (tertiary/aromatic N) is 4. The number of halogens is 1. The number of para-hydroxylation sites is 1. The molecular weight excluding hydrogens is 372 g/mol. The molecule has 0 atom stereocenters. The van der Waals surface area contributed by atoms with Crippen LogP contribution in [0.2, 0.25) is 5.02 Å². The number of hydrogen-bond donors (Lipinski definition) is 0. The molecule has 136 valence electrons. The zero-order chi connectivity index (χ0) is 19.3. The Morgan fingerprint density at radius 2 is 1.71 bits per heavy atom. The van der Waals surface area contributed by atoms with Crippen LogP contribution in [0.5, 0.6) is 0 Å². The smallest absolute Gasteiger partial charge is 0.267 e. The van der Waals surface area contributed by atoms with E-state index in [9.17, 15) is 4.79 Å². The van der Waals surface area contributed by atoms with Gasteiger partial charge in [-0.25, -0.2) is 4.98 Å². The third kappa shape index (κ3) is 2.60. The summed E-state index contributed by atoms with van der Waals surface area (Å²) in [6, 6.07) is 22.7. The number of fused-ring (bicyclic) bond motifs is 2. The minimum Gasteiger partial charge on any atom is -0.267 e. The van der Waals surface area contributed by atoms with Crippen molar-refractivity contribution in [2.45, 2.75) is 6.92 Å². The predicted octanol–water partition coefficient (Wildman–Crippen LogP) is 4.66. The second-order valence-electron chi connectivity index (χ2n) is 6.65. The molecule has 0 N–H and O–H groups in total. The Kier molecular flexibility index (Phi) is 3.77. The average Bonchev–Trinajstić information content (AvgIpc) is 3.08. The predicted molar refractivity (Wildman–Crippen MR) is 111 cm³/mol. The first kappa shape index (κ1) is 16.7. The van der Waals surface area contributed by atoms with Gasteiger partial charge in [-0.15, -0.1) is 5.10 Å². The molecule has 2 heterocycles. The lowest BCUT2D eigenvalue weighted by molar-refractivity contribution is 0.917. The van der Waals surface area contributed by atoms with E-state index in [-0.39, 0.29) is 5.56 Å². The van der Waals surface area contributed by atoms with Gasteiger partial charge in [-0.1, -0.05) is 59.6 Å². The van der Waals surface area contributed by atoms with Gasteiger partial charge in [-0.2, -0.15) is 4.52 Å². The number of hydrogen-bond acceptors (Lipinski definition) is 3. The molecule has 0 unspecified atom stereocenters. The highest BCUT2D eigenvalue weighted by Gasteiger charge is 2.18. The molecule has 0 aliphatic heterocycles. The first-order valence-electron chi connectivity index (χ1n) is 8.85. The number of rotatable bonds is 2. The molecule has 0 bridgehead atoms. The number of aromatic nitrogens is 4. The van der Waals surface area contributed by atoms with E-state index in [1.807, 2.05) is 78.2 Å². The van der Waals surface area contributed by atoms with Crippen LogP contribution in [-0.4, -0.2) is 19.2 Å². The van der Waals surface area contributed by atoms with Crippen LogP contribution in [0.15, 0.2) is 77.6 Å². The van der Waals surface area contributed by atoms with E-state index in [0.717, 1.165) is 16.8 Å². The third-order valence-electron chi connectivity index (χ3n) is 4.72. The Bertz CT molecular complexity index is 1400. The SMILES string of the molecule is Cc1ccc(-c2nn3c(=O)c4ccccc4nc3n2-c2cccc(Cl)c2)cc1. The van der Waals surface area contributed by atoms with Gasteiger partial charge in [0, 0.05) is 10.6 Å². The monoisotopic (exact) mass is 386 g/mol. The standard InChI is InChI=1S/C22H15ClN4O/c1-14-9-11-15(12-10-14)20-25-27-21(28)18-7-2-3-8-19(18)24-22(27)26(20)17-6-4-5-16(23)13-17/h2-13H,1H3. The van der Waals surface area contributed by atoms with Crippen LogP contribution in [0.3, 0.4) is 0 Å². The summed E-state index contributed by atoms with van der Waals surface area (Å²) in [5.74, 6) is 1.07. The fourth-order valence-corrected chi connectivity index (χ4v) is 3.51. The minimum atomic E-state index is -0.199. The van der Waals surface area contributed by atoms with E-state index < -0.39 is 0 Å². The molecule has 28 heavy (non-hydrogen) atoms. The van der Waals surface area contributed by atoms with Gasteiger partial charge in [-0.3, -0.25) is 9.36 Å². The number of aryl methyl sites for hydroxylation is 1. The Balaban J connectivity index is 1.94. The molecule has 0 aliphatic carbocycles. The second-order valence-corrected chi connectivity index (χ2v) is 7.09. The normalized spacial score (nSPS) is 11.4. The molecule has 6 heteroatoms. The highest BCUT2D eigenvalue weighted by molar-refractivity contribution is 6.30. The van der Waals surface area contributed by atoms with Gasteiger partial charge in [-0.05, 0) is 37.3 Å². The van der Waals surface area contributed by atoms with Gasteiger partial charge in [0.1, 0.15) is 0 Å². The topological polar surface area (TPSA) is 52.2 Å². The maximum Gasteiger partial charge on any atom is 0.283 e. The molecule has 0 amide bonds. The van der Waals surface area contributed by atoms with Crippen LogP contribution in [0.4, 0.5) is 0 Å². The molecular formula is C22H15ClN4O. The van der Waals surface area contributed by atoms with Crippen molar-refractivity contribution in [2.75, 3.05) is 0 Å². The van der Waals surface area contributed by atoms with E-state index in [1.165, 1.54) is 4.52 Å². The summed E-state index contributed by atoms with van der Waals surface area (Å²) in [4.78, 5) is 17.8. The number of benzene rings is 3. The van der Waals surface area contributed by atoms with Gasteiger partial charge in [0.05, 0.1) is 16.6 Å². The summed E-state index contributed by atoms with van der Waals surface area (Å²) in [6.45, 7) is 2.03. The van der Waals surface area contributed by atoms with Crippen molar-refractivity contribution in [3.8, 4) is 17.1 Å². The molecule has 0 radical (unpaired) electrons. The summed E-state index contributed by atoms with van der Waals surface area (Å²) in [5.41, 5.74) is 3.26. The summed E-state index contributed by atoms with van der Waals surface area (Å²) in [7, 11) is 0. The van der Waals surface area contributed by atoms with Crippen molar-refractivity contribution < 1.29 is 0 Å². The molecule has 2 aromatic heterocycles. The summed E-state index contributed by atoms with van der Waals surface area (Å²) in [5, 5.41) is 5.76. The third-order valence-corrected chi connectivity index (χ3v) is 4.95. The molecule has 0 saturated carbocycles. The highest BCUT2D eigenvalue weighted by atomic mass is 35.5. The largest absolute Gasteiger partial charge is 0.283 e. The van der Waals surface area contributed by atoms with Crippen LogP contribution in [0.1, 0.15) is 5.56 Å². The quantitative estimate of drug-likeness (QED) is 0.443. The van der Waals surface area contributed by atoms with Crippen molar-refractivity contribution in [1.29, 1.82) is 0 Å². The minimum absolute atomic E-state index is 0.199. The zero-order valence-corrected chi connectivity index (χ0v) is 15.8. The maximum absolute atomic E-state index is 13.1. The van der Waals surface area contributed by atoms with Crippen LogP contribution < -0.4 is 5.56 Å². The lowest BCUT2D eigenvalue weighted by Crippen LogP contribution is -2.16. The first-order chi connectivity index (χ1) is 13.6. The fourth-order valence-electron chi connectivity index (χ4n) is 3.32. The van der Waals surface area contributed by atoms with Gasteiger partial charge < -0.3 is 0 Å². The Hall–Kier alpha value is -3.44. The van der Waals surface area contributed by atoms with Crippen molar-refractivity contribution in [1.82, 2.24) is 19.2 Å². The molecule has 0 saturated heterocycles. The van der Waals surface area contributed by atoms with Crippen LogP contribution >= 0.6 is 11.6 Å². The Morgan fingerprint density at radius 3 is 2.50 bits per heavy atom. The molecule has 5 aromatic rings. The van der Waals surface area contributed by atoms with Crippen LogP contribution in [0, 0.1) is 6.92 Å². The van der Waals surface area contributed by atoms with E-state index in [2.05, 4.69) is 5.10 Å². The van der Waals surface area contributed by atoms with Gasteiger partial charge >= 0.3 is 0 Å². The van der Waals surface area contributed by atoms with E-state index in [4.69, 9.17) is 16.6 Å². The van der Waals surface area contributed by atoms with Gasteiger partial charge in [0.2, 0.25) is 5.78 Å². The second kappa shape index (κ2) is 6.32. The van der Waals surface area contributed by atoms with E-state index in [0.29, 0.717) is 27.5 Å². The molecule has 0 fully saturated rings. The lowest BCUT2D eigenvalue weighted by Gasteiger charge is -2.08. The van der Waals surface area contributed by atoms with Crippen molar-refractivity contribution in [3.05, 3.63) is 93.7 Å². The lowest BCUT2D eigenvalue weighted by atomic mass is 10.1. The summed E-state index contributed by atoms with van der Waals surface area (Å²) in [6.07, 6.45) is 0. The van der Waals surface area contributed by atoms with E-state index >= 15 is 0 Å². The molecule has 5 nitrogen and oxygen atoms in total. The molecule has 0 spiro atoms. The first-order valence-corrected chi connectivity index (χ1v) is 9.23. The average molecular weight is 387 g/mol. The highest BCUT2D eigenvalue weighted by Crippen LogP contribution is 2.26. The molecule has 3 aromatic carbocycles. The van der Waals surface area contributed by atoms with Crippen LogP contribution in [0.25, 0.3) is 33.8 Å². The summed E-state index contributed by atoms with van der Waals surface area (Å²) < 4.78 is 3.23. The zero-order valence-electron chi connectivity index (χ0n) is 15.0. The van der Waals surface area contributed by atoms with E-state index in [1.54, 1.807) is 6.07 Å². The van der Waals surface area contributed by atoms with Gasteiger partial charge in [0.15, 0.2) is 5.82 Å². The Labute approximate surface area is 165 Å². The fraction of sp³-hybridized carbons (Fsp3) is 0.0455. The molecule has 5 rings (SSSR count).